The molecule has 0 bridgehead atoms. The molecule has 142 valence electrons. The third-order valence-corrected chi connectivity index (χ3v) is 3.10. The van der Waals surface area contributed by atoms with Crippen molar-refractivity contribution < 1.29 is 32.6 Å². The number of nitrogens with two attached hydrogens (primary N) is 1. The van der Waals surface area contributed by atoms with E-state index in [1.165, 1.54) is 48.5 Å². The molecule has 0 saturated heterocycles. The molecule has 8 nitrogen and oxygen atoms in total. The highest BCUT2D eigenvalue weighted by atomic mass is 19.3. The van der Waals surface area contributed by atoms with E-state index in [4.69, 9.17) is 10.5 Å². The maximum atomic E-state index is 12.3. The first-order valence-electron chi connectivity index (χ1n) is 7.52. The monoisotopic (exact) mass is 379 g/mol. The summed E-state index contributed by atoms with van der Waals surface area (Å²) in [6.07, 6.45) is 0. The summed E-state index contributed by atoms with van der Waals surface area (Å²) in [7, 11) is 0. The Morgan fingerprint density at radius 2 is 1.67 bits per heavy atom. The zero-order valence-electron chi connectivity index (χ0n) is 13.8. The predicted molar refractivity (Wildman–Crippen MR) is 91.6 cm³/mol. The van der Waals surface area contributed by atoms with Crippen molar-refractivity contribution in [3.8, 4) is 5.75 Å². The molecule has 0 aliphatic heterocycles. The second-order valence-corrected chi connectivity index (χ2v) is 5.07. The van der Waals surface area contributed by atoms with E-state index < -0.39 is 31.1 Å². The lowest BCUT2D eigenvalue weighted by molar-refractivity contribution is -0.119. The van der Waals surface area contributed by atoms with Crippen molar-refractivity contribution in [3.63, 3.8) is 0 Å². The number of para-hydroxylation sites is 2. The van der Waals surface area contributed by atoms with Gasteiger partial charge in [0.25, 0.3) is 5.91 Å². The molecule has 2 aromatic rings. The van der Waals surface area contributed by atoms with Crippen LogP contribution in [0.25, 0.3) is 0 Å². The van der Waals surface area contributed by atoms with Crippen molar-refractivity contribution in [2.45, 2.75) is 6.61 Å². The van der Waals surface area contributed by atoms with Crippen molar-refractivity contribution >= 4 is 29.3 Å². The van der Waals surface area contributed by atoms with E-state index in [0.29, 0.717) is 5.69 Å². The van der Waals surface area contributed by atoms with Crippen LogP contribution in [0, 0.1) is 0 Å². The van der Waals surface area contributed by atoms with Crippen LogP contribution in [-0.2, 0) is 9.53 Å². The van der Waals surface area contributed by atoms with Crippen molar-refractivity contribution in [3.05, 3.63) is 54.1 Å². The summed E-state index contributed by atoms with van der Waals surface area (Å²) >= 11 is 0. The predicted octanol–water partition coefficient (Wildman–Crippen LogP) is 2.57. The molecule has 2 rings (SSSR count). The number of carbonyl (C=O) groups excluding carboxylic acids is 3. The van der Waals surface area contributed by atoms with Crippen molar-refractivity contribution in [1.82, 2.24) is 0 Å². The molecule has 0 atom stereocenters. The maximum absolute atomic E-state index is 12.3. The van der Waals surface area contributed by atoms with Gasteiger partial charge in [-0.05, 0) is 36.4 Å². The molecule has 10 heteroatoms. The van der Waals surface area contributed by atoms with Crippen LogP contribution in [0.2, 0.25) is 0 Å². The molecule has 0 aromatic heterocycles. The fourth-order valence-electron chi connectivity index (χ4n) is 2.00. The average molecular weight is 379 g/mol. The van der Waals surface area contributed by atoms with Gasteiger partial charge in [0.05, 0.1) is 11.3 Å². The Balaban J connectivity index is 1.90. The van der Waals surface area contributed by atoms with Gasteiger partial charge in [0.1, 0.15) is 5.75 Å². The minimum absolute atomic E-state index is 0.0146. The molecule has 0 aliphatic carbocycles. The third-order valence-electron chi connectivity index (χ3n) is 3.10. The zero-order valence-corrected chi connectivity index (χ0v) is 13.8. The number of hydrogen-bond acceptors (Lipinski definition) is 5. The molecule has 4 N–H and O–H groups in total. The summed E-state index contributed by atoms with van der Waals surface area (Å²) in [5.41, 5.74) is 5.50. The highest BCUT2D eigenvalue weighted by Gasteiger charge is 2.14. The van der Waals surface area contributed by atoms with Crippen LogP contribution in [-0.4, -0.2) is 31.1 Å². The normalized spacial score (nSPS) is 10.2. The average Bonchev–Trinajstić information content (AvgIpc) is 2.61. The molecule has 0 unspecified atom stereocenters. The van der Waals surface area contributed by atoms with E-state index in [1.807, 2.05) is 0 Å². The van der Waals surface area contributed by atoms with Crippen LogP contribution in [0.15, 0.2) is 48.5 Å². The Hall–Kier alpha value is -3.69. The lowest BCUT2D eigenvalue weighted by Gasteiger charge is -2.11. The SMILES string of the molecule is NC(=O)Nc1ccc(C(=O)OCC(=O)Nc2ccccc2OC(F)F)cc1. The van der Waals surface area contributed by atoms with E-state index in [9.17, 15) is 23.2 Å². The molecule has 0 heterocycles. The summed E-state index contributed by atoms with van der Waals surface area (Å²) in [6, 6.07) is 10.5. The number of benzene rings is 2. The first-order valence-corrected chi connectivity index (χ1v) is 7.52. The van der Waals surface area contributed by atoms with Gasteiger partial charge in [0.15, 0.2) is 6.61 Å². The largest absolute Gasteiger partial charge is 0.452 e. The van der Waals surface area contributed by atoms with Gasteiger partial charge in [0, 0.05) is 5.69 Å². The van der Waals surface area contributed by atoms with Crippen molar-refractivity contribution in [2.75, 3.05) is 17.2 Å². The first kappa shape index (κ1) is 19.6. The number of ether oxygens (including phenoxy) is 2. The lowest BCUT2D eigenvalue weighted by atomic mass is 10.2. The first-order chi connectivity index (χ1) is 12.8. The quantitative estimate of drug-likeness (QED) is 0.639. The molecule has 0 saturated carbocycles. The Morgan fingerprint density at radius 1 is 1.00 bits per heavy atom. The molecule has 2 aromatic carbocycles. The molecule has 0 fully saturated rings. The van der Waals surface area contributed by atoms with Crippen molar-refractivity contribution in [2.24, 2.45) is 5.73 Å². The standard InChI is InChI=1S/C17H15F2N3O5/c18-16(19)27-13-4-2-1-3-12(13)22-14(23)9-26-15(24)10-5-7-11(8-6-10)21-17(20)25/h1-8,16H,9H2,(H,22,23)(H3,20,21,25). The molecular formula is C17H15F2N3O5. The number of urea groups is 1. The summed E-state index contributed by atoms with van der Waals surface area (Å²) in [5, 5.41) is 4.64. The van der Waals surface area contributed by atoms with Gasteiger partial charge in [-0.3, -0.25) is 4.79 Å². The van der Waals surface area contributed by atoms with Gasteiger partial charge in [-0.15, -0.1) is 0 Å². The fraction of sp³-hybridized carbons (Fsp3) is 0.118. The van der Waals surface area contributed by atoms with Crippen LogP contribution in [0.4, 0.5) is 25.0 Å². The number of halogens is 2. The van der Waals surface area contributed by atoms with Crippen LogP contribution >= 0.6 is 0 Å². The molecule has 3 amide bonds. The number of alkyl halides is 2. The zero-order chi connectivity index (χ0) is 19.8. The summed E-state index contributed by atoms with van der Waals surface area (Å²) in [4.78, 5) is 34.5. The number of carbonyl (C=O) groups is 3. The number of nitrogens with one attached hydrogen (secondary N) is 2. The smallest absolute Gasteiger partial charge is 0.387 e. The van der Waals surface area contributed by atoms with Crippen LogP contribution < -0.4 is 21.1 Å². The Kier molecular flexibility index (Phi) is 6.64. The number of esters is 1. The maximum Gasteiger partial charge on any atom is 0.387 e. The number of amides is 3. The van der Waals surface area contributed by atoms with E-state index in [-0.39, 0.29) is 17.0 Å². The third kappa shape index (κ3) is 6.27. The second-order valence-electron chi connectivity index (χ2n) is 5.07. The van der Waals surface area contributed by atoms with Gasteiger partial charge in [-0.2, -0.15) is 8.78 Å². The van der Waals surface area contributed by atoms with Gasteiger partial charge in [-0.1, -0.05) is 12.1 Å². The van der Waals surface area contributed by atoms with E-state index in [2.05, 4.69) is 15.4 Å². The second kappa shape index (κ2) is 9.13. The van der Waals surface area contributed by atoms with Gasteiger partial charge in [-0.25, -0.2) is 9.59 Å². The molecule has 0 radical (unpaired) electrons. The number of primary amides is 1. The van der Waals surface area contributed by atoms with E-state index in [0.717, 1.165) is 0 Å². The van der Waals surface area contributed by atoms with Crippen LogP contribution in [0.5, 0.6) is 5.75 Å². The Morgan fingerprint density at radius 3 is 2.30 bits per heavy atom. The van der Waals surface area contributed by atoms with Gasteiger partial charge in [0.2, 0.25) is 0 Å². The fourth-order valence-corrected chi connectivity index (χ4v) is 2.00. The summed E-state index contributed by atoms with van der Waals surface area (Å²) < 4.78 is 33.8. The van der Waals surface area contributed by atoms with Crippen molar-refractivity contribution in [1.29, 1.82) is 0 Å². The Labute approximate surface area is 152 Å². The van der Waals surface area contributed by atoms with Crippen LogP contribution in [0.3, 0.4) is 0 Å². The molecule has 27 heavy (non-hydrogen) atoms. The highest BCUT2D eigenvalue weighted by molar-refractivity contribution is 5.96. The van der Waals surface area contributed by atoms with E-state index in [1.54, 1.807) is 0 Å². The molecule has 0 aliphatic rings. The molecule has 0 spiro atoms. The van der Waals surface area contributed by atoms with E-state index >= 15 is 0 Å². The molecular weight excluding hydrogens is 364 g/mol. The summed E-state index contributed by atoms with van der Waals surface area (Å²) in [5.74, 6) is -1.74. The minimum atomic E-state index is -3.05. The minimum Gasteiger partial charge on any atom is -0.452 e. The van der Waals surface area contributed by atoms with Gasteiger partial charge >= 0.3 is 18.6 Å². The highest BCUT2D eigenvalue weighted by Crippen LogP contribution is 2.25. The topological polar surface area (TPSA) is 120 Å². The van der Waals surface area contributed by atoms with Gasteiger partial charge < -0.3 is 25.8 Å². The number of hydrogen-bond donors (Lipinski definition) is 3. The lowest BCUT2D eigenvalue weighted by Crippen LogP contribution is -2.21. The number of rotatable bonds is 7. The van der Waals surface area contributed by atoms with Crippen LogP contribution in [0.1, 0.15) is 10.4 Å². The summed E-state index contributed by atoms with van der Waals surface area (Å²) in [6.45, 7) is -3.68. The Bertz CT molecular complexity index is 828. The number of anilines is 2.